The smallest absolute Gasteiger partial charge is 0.198 e. The third-order valence-electron chi connectivity index (χ3n) is 2.60. The molecule has 0 atom stereocenters. The van der Waals surface area contributed by atoms with E-state index in [1.807, 2.05) is 0 Å². The van der Waals surface area contributed by atoms with E-state index in [2.05, 4.69) is 37.7 Å². The molecule has 1 aromatic heterocycles. The molecule has 1 aromatic rings. The van der Waals surface area contributed by atoms with Gasteiger partial charge in [-0.05, 0) is 40.7 Å². The third kappa shape index (κ3) is 2.23. The Hall–Kier alpha value is -0.640. The molecule has 0 N–H and O–H groups in total. The Morgan fingerprint density at radius 1 is 1.57 bits per heavy atom. The Morgan fingerprint density at radius 3 is 3.00 bits per heavy atom. The number of halogens is 1. The summed E-state index contributed by atoms with van der Waals surface area (Å²) in [7, 11) is 0. The highest BCUT2D eigenvalue weighted by Crippen LogP contribution is 2.21. The Kier molecular flexibility index (Phi) is 2.32. The van der Waals surface area contributed by atoms with Gasteiger partial charge in [0.15, 0.2) is 4.73 Å². The summed E-state index contributed by atoms with van der Waals surface area (Å²) in [5, 5.41) is 0. The van der Waals surface area contributed by atoms with E-state index in [1.54, 1.807) is 0 Å². The summed E-state index contributed by atoms with van der Waals surface area (Å²) in [6, 6.07) is 0.123. The summed E-state index contributed by atoms with van der Waals surface area (Å²) in [5.74, 6) is 1.32. The molecule has 0 bridgehead atoms. The van der Waals surface area contributed by atoms with Crippen molar-refractivity contribution in [1.29, 1.82) is 0 Å². The highest BCUT2D eigenvalue weighted by Gasteiger charge is 2.16. The van der Waals surface area contributed by atoms with Crippen molar-refractivity contribution < 1.29 is 2.74 Å². The van der Waals surface area contributed by atoms with Gasteiger partial charge < -0.3 is 4.90 Å². The van der Waals surface area contributed by atoms with Crippen LogP contribution in [0, 0.1) is 5.92 Å². The quantitative estimate of drug-likeness (QED) is 0.724. The van der Waals surface area contributed by atoms with Crippen LogP contribution in [0.1, 0.15) is 22.5 Å². The number of hydrogen-bond donors (Lipinski definition) is 0. The molecule has 0 saturated carbocycles. The van der Waals surface area contributed by atoms with Crippen molar-refractivity contribution in [2.75, 3.05) is 18.0 Å². The summed E-state index contributed by atoms with van der Waals surface area (Å²) in [6.45, 7) is 4.07. The minimum absolute atomic E-state index is 0.0181. The van der Waals surface area contributed by atoms with Gasteiger partial charge in [-0.25, -0.2) is 9.97 Å². The molecule has 0 aliphatic carbocycles. The zero-order chi connectivity index (χ0) is 11.7. The maximum absolute atomic E-state index is 7.80. The van der Waals surface area contributed by atoms with Crippen LogP contribution < -0.4 is 4.90 Å². The molecule has 0 unspecified atom stereocenters. The lowest BCUT2D eigenvalue weighted by atomic mass is 9.99. The van der Waals surface area contributed by atoms with Crippen LogP contribution in [-0.2, 0) is 0 Å². The first-order valence-electron chi connectivity index (χ1n) is 5.83. The van der Waals surface area contributed by atoms with Crippen molar-refractivity contribution >= 4 is 21.7 Å². The number of hydrogen-bond acceptors (Lipinski definition) is 3. The van der Waals surface area contributed by atoms with E-state index in [0.29, 0.717) is 10.6 Å². The van der Waals surface area contributed by atoms with Gasteiger partial charge in [-0.3, -0.25) is 0 Å². The van der Waals surface area contributed by atoms with Crippen LogP contribution in [0.2, 0.25) is 0 Å². The molecule has 1 saturated heterocycles. The minimum Gasteiger partial charge on any atom is -0.356 e. The number of nitrogens with zero attached hydrogens (tertiary/aromatic N) is 3. The van der Waals surface area contributed by atoms with Gasteiger partial charge in [0, 0.05) is 19.3 Å². The zero-order valence-electron chi connectivity index (χ0n) is 10.1. The first-order chi connectivity index (χ1) is 7.58. The minimum atomic E-state index is -0.0181. The van der Waals surface area contributed by atoms with Crippen LogP contribution in [0.4, 0.5) is 5.82 Å². The van der Waals surface area contributed by atoms with Gasteiger partial charge in [-0.2, -0.15) is 0 Å². The first kappa shape index (κ1) is 7.63. The van der Waals surface area contributed by atoms with E-state index in [4.69, 9.17) is 2.74 Å². The Bertz CT molecular complexity index is 392. The predicted octanol–water partition coefficient (Wildman–Crippen LogP) is 2.48. The molecule has 1 aliphatic heterocycles. The number of rotatable bonds is 1. The normalized spacial score (nSPS) is 20.6. The largest absolute Gasteiger partial charge is 0.356 e. The molecule has 2 rings (SSSR count). The average molecular weight is 258 g/mol. The molecule has 1 fully saturated rings. The second kappa shape index (κ2) is 4.26. The van der Waals surface area contributed by atoms with Gasteiger partial charge in [0.05, 0.1) is 2.74 Å². The van der Waals surface area contributed by atoms with Crippen molar-refractivity contribution in [1.82, 2.24) is 9.97 Å². The van der Waals surface area contributed by atoms with Gasteiger partial charge >= 0.3 is 0 Å². The number of anilines is 1. The van der Waals surface area contributed by atoms with Crippen LogP contribution in [0.5, 0.6) is 0 Å². The molecule has 0 amide bonds. The molecule has 0 aromatic carbocycles. The molecule has 14 heavy (non-hydrogen) atoms. The summed E-state index contributed by atoms with van der Waals surface area (Å²) < 4.78 is 15.8. The van der Waals surface area contributed by atoms with E-state index in [9.17, 15) is 0 Å². The molecule has 0 radical (unpaired) electrons. The summed E-state index contributed by atoms with van der Waals surface area (Å²) in [6.07, 6.45) is 2.22. The van der Waals surface area contributed by atoms with Crippen molar-refractivity contribution in [3.63, 3.8) is 0 Å². The monoisotopic (exact) mass is 257 g/mol. The van der Waals surface area contributed by atoms with Gasteiger partial charge in [-0.15, -0.1) is 0 Å². The van der Waals surface area contributed by atoms with Crippen molar-refractivity contribution in [3.05, 3.63) is 16.9 Å². The lowest BCUT2D eigenvalue weighted by Gasteiger charge is -2.31. The molecular weight excluding hydrogens is 242 g/mol. The lowest BCUT2D eigenvalue weighted by Crippen LogP contribution is -2.33. The van der Waals surface area contributed by atoms with Crippen molar-refractivity contribution in [3.8, 4) is 0 Å². The van der Waals surface area contributed by atoms with Gasteiger partial charge in [0.25, 0.3) is 0 Å². The molecule has 2 heterocycles. The van der Waals surface area contributed by atoms with E-state index in [0.717, 1.165) is 31.8 Å². The van der Waals surface area contributed by atoms with E-state index in [-0.39, 0.29) is 12.2 Å². The Balaban J connectivity index is 2.26. The summed E-state index contributed by atoms with van der Waals surface area (Å²) >= 11 is 3.17. The van der Waals surface area contributed by atoms with Crippen LogP contribution >= 0.6 is 15.9 Å². The fourth-order valence-electron chi connectivity index (χ4n) is 1.63. The average Bonchev–Trinajstić information content (AvgIpc) is 2.25. The molecule has 1 aliphatic rings. The number of piperidine rings is 1. The topological polar surface area (TPSA) is 29.0 Å². The van der Waals surface area contributed by atoms with E-state index in [1.165, 1.54) is 0 Å². The van der Waals surface area contributed by atoms with Crippen LogP contribution in [-0.4, -0.2) is 23.1 Å². The molecule has 4 heteroatoms. The Morgan fingerprint density at radius 2 is 2.29 bits per heavy atom. The third-order valence-corrected chi connectivity index (χ3v) is 2.95. The van der Waals surface area contributed by atoms with Crippen LogP contribution in [0.15, 0.2) is 16.9 Å². The zero-order valence-corrected chi connectivity index (χ0v) is 9.71. The van der Waals surface area contributed by atoms with Crippen molar-refractivity contribution in [2.24, 2.45) is 5.92 Å². The van der Waals surface area contributed by atoms with E-state index < -0.39 is 0 Å². The van der Waals surface area contributed by atoms with Crippen molar-refractivity contribution in [2.45, 2.75) is 19.8 Å². The highest BCUT2D eigenvalue weighted by molar-refractivity contribution is 9.10. The molecule has 3 nitrogen and oxygen atoms in total. The predicted molar refractivity (Wildman–Crippen MR) is 60.3 cm³/mol. The first-order valence-corrected chi connectivity index (χ1v) is 5.63. The Labute approximate surface area is 95.5 Å². The second-order valence-electron chi connectivity index (χ2n) is 3.72. The highest BCUT2D eigenvalue weighted by atomic mass is 79.9. The lowest BCUT2D eigenvalue weighted by molar-refractivity contribution is 0.436. The van der Waals surface area contributed by atoms with Gasteiger partial charge in [0.1, 0.15) is 5.82 Å². The SMILES string of the molecule is [2H]c1nc(Br)nc(N2CCC(C)CC2)c1[2H]. The summed E-state index contributed by atoms with van der Waals surface area (Å²) in [4.78, 5) is 10.1. The molecule has 0 spiro atoms. The fourth-order valence-corrected chi connectivity index (χ4v) is 1.89. The maximum atomic E-state index is 7.80. The standard InChI is InChI=1S/C10H14BrN3/c1-8-3-6-14(7-4-8)9-2-5-12-10(11)13-9/h2,5,8H,3-4,6-7H2,1H3/i2D,5D. The fraction of sp³-hybridized carbons (Fsp3) is 0.600. The maximum Gasteiger partial charge on any atom is 0.198 e. The molecule has 76 valence electrons. The molecular formula is C10H14BrN3. The van der Waals surface area contributed by atoms with E-state index >= 15 is 0 Å². The van der Waals surface area contributed by atoms with Crippen LogP contribution in [0.3, 0.4) is 0 Å². The number of aromatic nitrogens is 2. The second-order valence-corrected chi connectivity index (χ2v) is 4.43. The summed E-state index contributed by atoms with van der Waals surface area (Å²) in [5.41, 5.74) is 0. The van der Waals surface area contributed by atoms with Gasteiger partial charge in [0.2, 0.25) is 0 Å². The van der Waals surface area contributed by atoms with Crippen LogP contribution in [0.25, 0.3) is 0 Å². The van der Waals surface area contributed by atoms with Gasteiger partial charge in [-0.1, -0.05) is 6.92 Å².